The van der Waals surface area contributed by atoms with Gasteiger partial charge in [0, 0.05) is 6.04 Å². The Morgan fingerprint density at radius 3 is 3.11 bits per heavy atom. The van der Waals surface area contributed by atoms with Gasteiger partial charge in [0.2, 0.25) is 0 Å². The number of ether oxygens (including phenoxy) is 1. The summed E-state index contributed by atoms with van der Waals surface area (Å²) in [4.78, 5) is 15.8. The Kier molecular flexibility index (Phi) is 2.98. The van der Waals surface area contributed by atoms with Crippen molar-refractivity contribution in [1.29, 1.82) is 0 Å². The average molecular weight is 262 g/mol. The molecule has 1 aliphatic carbocycles. The van der Waals surface area contributed by atoms with E-state index >= 15 is 0 Å². The van der Waals surface area contributed by atoms with Crippen LogP contribution < -0.4 is 0 Å². The van der Waals surface area contributed by atoms with Crippen LogP contribution in [0.1, 0.15) is 42.1 Å². The predicted molar refractivity (Wildman–Crippen MR) is 63.4 cm³/mol. The fraction of sp³-hybridized carbons (Fsp3) is 0.545. The van der Waals surface area contributed by atoms with Gasteiger partial charge in [-0.05, 0) is 30.2 Å². The lowest BCUT2D eigenvalue weighted by Crippen LogP contribution is -2.16. The molecule has 0 atom stereocenters. The molecule has 8 heteroatoms. The molecule has 2 heterocycles. The van der Waals surface area contributed by atoms with Crippen LogP contribution in [0.25, 0.3) is 0 Å². The van der Waals surface area contributed by atoms with Crippen molar-refractivity contribution in [2.45, 2.75) is 32.4 Å². The minimum absolute atomic E-state index is 0.116. The number of aromatic nitrogens is 6. The summed E-state index contributed by atoms with van der Waals surface area (Å²) in [6, 6.07) is 0.528. The van der Waals surface area contributed by atoms with Gasteiger partial charge in [0.05, 0.1) is 31.4 Å². The molecule has 0 bridgehead atoms. The van der Waals surface area contributed by atoms with Crippen LogP contribution in [0, 0.1) is 0 Å². The number of rotatable bonds is 5. The van der Waals surface area contributed by atoms with E-state index in [0.717, 1.165) is 5.69 Å². The zero-order valence-electron chi connectivity index (χ0n) is 10.6. The molecule has 0 amide bonds. The fourth-order valence-electron chi connectivity index (χ4n) is 1.94. The Labute approximate surface area is 109 Å². The summed E-state index contributed by atoms with van der Waals surface area (Å²) in [5.41, 5.74) is 0.986. The van der Waals surface area contributed by atoms with E-state index in [9.17, 15) is 4.79 Å². The molecule has 0 N–H and O–H groups in total. The van der Waals surface area contributed by atoms with Crippen LogP contribution in [0.5, 0.6) is 0 Å². The van der Waals surface area contributed by atoms with Crippen molar-refractivity contribution in [3.05, 3.63) is 24.0 Å². The van der Waals surface area contributed by atoms with Crippen LogP contribution >= 0.6 is 0 Å². The van der Waals surface area contributed by atoms with Crippen LogP contribution in [0.2, 0.25) is 0 Å². The van der Waals surface area contributed by atoms with Gasteiger partial charge in [0.15, 0.2) is 0 Å². The first-order chi connectivity index (χ1) is 9.29. The van der Waals surface area contributed by atoms with Gasteiger partial charge < -0.3 is 9.30 Å². The highest BCUT2D eigenvalue weighted by Crippen LogP contribution is 2.35. The molecule has 3 rings (SSSR count). The molecule has 0 aliphatic heterocycles. The number of hydrogen-bond acceptors (Lipinski definition) is 6. The molecule has 19 heavy (non-hydrogen) atoms. The lowest BCUT2D eigenvalue weighted by molar-refractivity contribution is 0.0505. The second-order valence-corrected chi connectivity index (χ2v) is 4.40. The largest absolute Gasteiger partial charge is 0.460 e. The van der Waals surface area contributed by atoms with Crippen LogP contribution in [0.3, 0.4) is 0 Å². The van der Waals surface area contributed by atoms with Gasteiger partial charge in [0.1, 0.15) is 0 Å². The van der Waals surface area contributed by atoms with E-state index in [2.05, 4.69) is 25.1 Å². The summed E-state index contributed by atoms with van der Waals surface area (Å²) in [6.45, 7) is 2.46. The van der Waals surface area contributed by atoms with Crippen LogP contribution in [0.4, 0.5) is 0 Å². The lowest BCUT2D eigenvalue weighted by atomic mass is 10.4. The van der Waals surface area contributed by atoms with E-state index in [-0.39, 0.29) is 5.82 Å². The highest BCUT2D eigenvalue weighted by molar-refractivity contribution is 5.85. The molecule has 1 aliphatic rings. The third kappa shape index (κ3) is 2.33. The second-order valence-electron chi connectivity index (χ2n) is 4.40. The third-order valence-electron chi connectivity index (χ3n) is 2.99. The molecule has 8 nitrogen and oxygen atoms in total. The maximum atomic E-state index is 11.7. The summed E-state index contributed by atoms with van der Waals surface area (Å²) in [5, 5.41) is 11.1. The van der Waals surface area contributed by atoms with Crippen LogP contribution in [-0.2, 0) is 11.3 Å². The van der Waals surface area contributed by atoms with E-state index in [4.69, 9.17) is 4.74 Å². The highest BCUT2D eigenvalue weighted by Gasteiger charge is 2.26. The molecule has 100 valence electrons. The molecule has 2 aromatic rings. The third-order valence-corrected chi connectivity index (χ3v) is 2.99. The zero-order chi connectivity index (χ0) is 13.2. The minimum Gasteiger partial charge on any atom is -0.460 e. The summed E-state index contributed by atoms with van der Waals surface area (Å²) < 4.78 is 8.46. The van der Waals surface area contributed by atoms with Crippen molar-refractivity contribution in [2.24, 2.45) is 0 Å². The van der Waals surface area contributed by atoms with Gasteiger partial charge in [-0.2, -0.15) is 0 Å². The number of esters is 1. The molecule has 0 spiro atoms. The molecule has 1 saturated carbocycles. The maximum absolute atomic E-state index is 11.7. The fourth-order valence-corrected chi connectivity index (χ4v) is 1.94. The maximum Gasteiger partial charge on any atom is 0.378 e. The van der Waals surface area contributed by atoms with E-state index in [1.807, 2.05) is 0 Å². The number of tetrazole rings is 1. The quantitative estimate of drug-likeness (QED) is 0.726. The van der Waals surface area contributed by atoms with Gasteiger partial charge in [-0.3, -0.25) is 0 Å². The van der Waals surface area contributed by atoms with Crippen LogP contribution in [0.15, 0.2) is 12.5 Å². The predicted octanol–water partition coefficient (Wildman–Crippen LogP) is 0.429. The smallest absolute Gasteiger partial charge is 0.378 e. The number of hydrogen-bond donors (Lipinski definition) is 0. The molecular formula is C11H14N6O2. The van der Waals surface area contributed by atoms with Crippen molar-refractivity contribution >= 4 is 5.97 Å². The molecule has 0 aromatic carbocycles. The number of carbonyl (C=O) groups excluding carboxylic acids is 1. The summed E-state index contributed by atoms with van der Waals surface area (Å²) in [7, 11) is 0. The van der Waals surface area contributed by atoms with E-state index in [1.165, 1.54) is 17.5 Å². The summed E-state index contributed by atoms with van der Waals surface area (Å²) in [6.07, 6.45) is 5.92. The lowest BCUT2D eigenvalue weighted by Gasteiger charge is -2.07. The van der Waals surface area contributed by atoms with Crippen molar-refractivity contribution < 1.29 is 9.53 Å². The second kappa shape index (κ2) is 4.79. The minimum atomic E-state index is -0.509. The Morgan fingerprint density at radius 2 is 2.37 bits per heavy atom. The van der Waals surface area contributed by atoms with E-state index in [0.29, 0.717) is 19.2 Å². The van der Waals surface area contributed by atoms with E-state index < -0.39 is 5.97 Å². The molecule has 0 unspecified atom stereocenters. The van der Waals surface area contributed by atoms with Crippen LogP contribution in [-0.4, -0.2) is 42.3 Å². The Balaban J connectivity index is 1.81. The Morgan fingerprint density at radius 1 is 1.53 bits per heavy atom. The first-order valence-corrected chi connectivity index (χ1v) is 6.23. The van der Waals surface area contributed by atoms with Crippen molar-refractivity contribution in [3.63, 3.8) is 0 Å². The Bertz CT molecular complexity index is 586. The molecular weight excluding hydrogens is 248 g/mol. The normalized spacial score (nSPS) is 14.6. The van der Waals surface area contributed by atoms with Gasteiger partial charge in [-0.25, -0.2) is 14.5 Å². The zero-order valence-corrected chi connectivity index (χ0v) is 10.6. The first-order valence-electron chi connectivity index (χ1n) is 6.23. The molecule has 0 saturated heterocycles. The van der Waals surface area contributed by atoms with Gasteiger partial charge in [0.25, 0.3) is 5.82 Å². The number of imidazole rings is 1. The SMILES string of the molecule is CCOC(=O)c1nnnn1Cc1cncn1C1CC1. The Hall–Kier alpha value is -2.25. The monoisotopic (exact) mass is 262 g/mol. The number of carbonyl (C=O) groups is 1. The molecule has 2 aromatic heterocycles. The summed E-state index contributed by atoms with van der Waals surface area (Å²) >= 11 is 0. The van der Waals surface area contributed by atoms with Crippen molar-refractivity contribution in [3.8, 4) is 0 Å². The van der Waals surface area contributed by atoms with Gasteiger partial charge >= 0.3 is 5.97 Å². The topological polar surface area (TPSA) is 87.7 Å². The average Bonchev–Trinajstić information content (AvgIpc) is 2.96. The molecule has 1 fully saturated rings. The van der Waals surface area contributed by atoms with Gasteiger partial charge in [-0.15, -0.1) is 5.10 Å². The van der Waals surface area contributed by atoms with E-state index in [1.54, 1.807) is 19.4 Å². The van der Waals surface area contributed by atoms with Crippen molar-refractivity contribution in [2.75, 3.05) is 6.61 Å². The molecule has 0 radical (unpaired) electrons. The first kappa shape index (κ1) is 11.8. The standard InChI is InChI=1S/C11H14N6O2/c1-2-19-11(18)10-13-14-15-17(10)6-9-5-12-7-16(9)8-3-4-8/h5,7-8H,2-4,6H2,1H3. The number of nitrogens with zero attached hydrogens (tertiary/aromatic N) is 6. The van der Waals surface area contributed by atoms with Crippen molar-refractivity contribution in [1.82, 2.24) is 29.8 Å². The highest BCUT2D eigenvalue weighted by atomic mass is 16.5. The summed E-state index contributed by atoms with van der Waals surface area (Å²) in [5.74, 6) is -0.393. The van der Waals surface area contributed by atoms with Gasteiger partial charge in [-0.1, -0.05) is 0 Å².